The highest BCUT2D eigenvalue weighted by atomic mass is 127. The van der Waals surface area contributed by atoms with Crippen molar-refractivity contribution < 1.29 is 0 Å². The van der Waals surface area contributed by atoms with E-state index >= 15 is 0 Å². The number of aliphatic imine (C=N–C) groups is 1. The predicted molar refractivity (Wildman–Crippen MR) is 132 cm³/mol. The molecule has 5 nitrogen and oxygen atoms in total. The maximum Gasteiger partial charge on any atom is 0.191 e. The minimum atomic E-state index is 0. The van der Waals surface area contributed by atoms with E-state index in [1.807, 2.05) is 12.3 Å². The Labute approximate surface area is 189 Å². The van der Waals surface area contributed by atoms with Crippen LogP contribution in [0.15, 0.2) is 71.9 Å². The molecule has 0 amide bonds. The first-order valence-corrected chi connectivity index (χ1v) is 10.0. The van der Waals surface area contributed by atoms with E-state index in [0.29, 0.717) is 12.6 Å². The summed E-state index contributed by atoms with van der Waals surface area (Å²) in [6, 6.07) is 21.3. The van der Waals surface area contributed by atoms with Crippen LogP contribution in [-0.4, -0.2) is 36.6 Å². The van der Waals surface area contributed by atoms with Crippen molar-refractivity contribution in [2.45, 2.75) is 25.9 Å². The van der Waals surface area contributed by atoms with Crippen LogP contribution in [0.3, 0.4) is 0 Å². The fraction of sp³-hybridized carbons (Fsp3) is 0.304. The largest absolute Gasteiger partial charge is 0.369 e. The van der Waals surface area contributed by atoms with Gasteiger partial charge in [0.05, 0.1) is 12.1 Å². The van der Waals surface area contributed by atoms with Crippen LogP contribution in [0.5, 0.6) is 0 Å². The lowest BCUT2D eigenvalue weighted by atomic mass is 10.1. The minimum Gasteiger partial charge on any atom is -0.369 e. The van der Waals surface area contributed by atoms with Gasteiger partial charge in [0, 0.05) is 42.9 Å². The molecule has 1 unspecified atom stereocenters. The van der Waals surface area contributed by atoms with E-state index in [4.69, 9.17) is 4.99 Å². The van der Waals surface area contributed by atoms with Crippen LogP contribution >= 0.6 is 24.0 Å². The SMILES string of the molecule is CCNC(=NCc1cccc2cccnc12)NC1CCN(c2ccccc2)C1.I. The lowest BCUT2D eigenvalue weighted by Crippen LogP contribution is -2.44. The monoisotopic (exact) mass is 501 g/mol. The quantitative estimate of drug-likeness (QED) is 0.313. The number of anilines is 1. The van der Waals surface area contributed by atoms with Gasteiger partial charge >= 0.3 is 0 Å². The molecule has 1 atom stereocenters. The molecule has 1 aromatic heterocycles. The van der Waals surface area contributed by atoms with Gasteiger partial charge in [-0.2, -0.15) is 0 Å². The molecule has 1 aliphatic heterocycles. The number of para-hydroxylation sites is 2. The summed E-state index contributed by atoms with van der Waals surface area (Å²) >= 11 is 0. The van der Waals surface area contributed by atoms with Gasteiger partial charge in [0.25, 0.3) is 0 Å². The number of halogens is 1. The molecule has 152 valence electrons. The van der Waals surface area contributed by atoms with Crippen LogP contribution < -0.4 is 15.5 Å². The number of hydrogen-bond acceptors (Lipinski definition) is 3. The number of fused-ring (bicyclic) bond motifs is 1. The molecule has 1 fully saturated rings. The molecule has 1 aliphatic rings. The van der Waals surface area contributed by atoms with E-state index in [2.05, 4.69) is 82.0 Å². The third-order valence-electron chi connectivity index (χ3n) is 5.12. The summed E-state index contributed by atoms with van der Waals surface area (Å²) in [5, 5.41) is 8.15. The van der Waals surface area contributed by atoms with Crippen molar-refractivity contribution in [3.05, 3.63) is 72.4 Å². The standard InChI is InChI=1S/C23H27N5.HI/c1-2-24-23(26-16-19-9-6-8-18-10-7-14-25-22(18)19)27-20-13-15-28(17-20)21-11-4-3-5-12-21;/h3-12,14,20H,2,13,15-17H2,1H3,(H2,24,26,27);1H. The molecular formula is C23H28IN5. The van der Waals surface area contributed by atoms with Gasteiger partial charge in [-0.15, -0.1) is 24.0 Å². The third kappa shape index (κ3) is 5.38. The zero-order valence-electron chi connectivity index (χ0n) is 16.7. The minimum absolute atomic E-state index is 0. The molecule has 29 heavy (non-hydrogen) atoms. The molecule has 0 saturated carbocycles. The first kappa shape index (κ1) is 21.4. The van der Waals surface area contributed by atoms with Gasteiger partial charge in [-0.05, 0) is 37.1 Å². The normalized spacial score (nSPS) is 16.5. The topological polar surface area (TPSA) is 52.6 Å². The summed E-state index contributed by atoms with van der Waals surface area (Å²) in [6.07, 6.45) is 2.95. The van der Waals surface area contributed by atoms with Gasteiger partial charge < -0.3 is 15.5 Å². The van der Waals surface area contributed by atoms with E-state index in [-0.39, 0.29) is 24.0 Å². The molecule has 0 aliphatic carbocycles. The average molecular weight is 501 g/mol. The van der Waals surface area contributed by atoms with Crippen LogP contribution in [0.4, 0.5) is 5.69 Å². The highest BCUT2D eigenvalue weighted by molar-refractivity contribution is 14.0. The Hall–Kier alpha value is -2.35. The van der Waals surface area contributed by atoms with Crippen LogP contribution in [0, 0.1) is 0 Å². The number of nitrogens with one attached hydrogen (secondary N) is 2. The Morgan fingerprint density at radius 3 is 2.76 bits per heavy atom. The molecular weight excluding hydrogens is 473 g/mol. The van der Waals surface area contributed by atoms with Crippen LogP contribution in [0.1, 0.15) is 18.9 Å². The second kappa shape index (κ2) is 10.4. The number of pyridine rings is 1. The van der Waals surface area contributed by atoms with Gasteiger partial charge in [0.2, 0.25) is 0 Å². The van der Waals surface area contributed by atoms with Crippen molar-refractivity contribution in [2.24, 2.45) is 4.99 Å². The highest BCUT2D eigenvalue weighted by Crippen LogP contribution is 2.20. The molecule has 0 spiro atoms. The molecule has 0 radical (unpaired) electrons. The van der Waals surface area contributed by atoms with Crippen LogP contribution in [-0.2, 0) is 6.54 Å². The van der Waals surface area contributed by atoms with E-state index in [0.717, 1.165) is 48.5 Å². The van der Waals surface area contributed by atoms with Gasteiger partial charge in [-0.25, -0.2) is 4.99 Å². The number of aromatic nitrogens is 1. The summed E-state index contributed by atoms with van der Waals surface area (Å²) in [7, 11) is 0. The van der Waals surface area contributed by atoms with E-state index in [1.165, 1.54) is 5.69 Å². The van der Waals surface area contributed by atoms with Crippen molar-refractivity contribution in [3.63, 3.8) is 0 Å². The summed E-state index contributed by atoms with van der Waals surface area (Å²) < 4.78 is 0. The number of hydrogen-bond donors (Lipinski definition) is 2. The summed E-state index contributed by atoms with van der Waals surface area (Å²) in [5.74, 6) is 0.871. The fourth-order valence-corrected chi connectivity index (χ4v) is 3.72. The molecule has 2 aromatic carbocycles. The van der Waals surface area contributed by atoms with Crippen molar-refractivity contribution in [3.8, 4) is 0 Å². The lowest BCUT2D eigenvalue weighted by molar-refractivity contribution is 0.649. The number of rotatable bonds is 5. The Balaban J connectivity index is 0.00000240. The molecule has 6 heteroatoms. The van der Waals surface area contributed by atoms with E-state index in [1.54, 1.807) is 0 Å². The van der Waals surface area contributed by atoms with E-state index in [9.17, 15) is 0 Å². The average Bonchev–Trinajstić information content (AvgIpc) is 3.21. The lowest BCUT2D eigenvalue weighted by Gasteiger charge is -2.20. The molecule has 1 saturated heterocycles. The maximum atomic E-state index is 4.83. The zero-order valence-corrected chi connectivity index (χ0v) is 19.0. The summed E-state index contributed by atoms with van der Waals surface area (Å²) in [4.78, 5) is 11.8. The predicted octanol–water partition coefficient (Wildman–Crippen LogP) is 4.19. The Morgan fingerprint density at radius 1 is 1.10 bits per heavy atom. The van der Waals surface area contributed by atoms with Crippen molar-refractivity contribution in [1.82, 2.24) is 15.6 Å². The van der Waals surface area contributed by atoms with Crippen molar-refractivity contribution in [2.75, 3.05) is 24.5 Å². The number of guanidine groups is 1. The maximum absolute atomic E-state index is 4.83. The molecule has 0 bridgehead atoms. The second-order valence-corrected chi connectivity index (χ2v) is 7.10. The second-order valence-electron chi connectivity index (χ2n) is 7.10. The Kier molecular flexibility index (Phi) is 7.69. The zero-order chi connectivity index (χ0) is 19.2. The van der Waals surface area contributed by atoms with Gasteiger partial charge in [0.1, 0.15) is 0 Å². The smallest absolute Gasteiger partial charge is 0.191 e. The van der Waals surface area contributed by atoms with Crippen LogP contribution in [0.25, 0.3) is 10.9 Å². The molecule has 4 rings (SSSR count). The first-order chi connectivity index (χ1) is 13.8. The Morgan fingerprint density at radius 2 is 1.93 bits per heavy atom. The molecule has 3 aromatic rings. The summed E-state index contributed by atoms with van der Waals surface area (Å²) in [6.45, 7) is 5.60. The van der Waals surface area contributed by atoms with Crippen LogP contribution in [0.2, 0.25) is 0 Å². The van der Waals surface area contributed by atoms with Gasteiger partial charge in [0.15, 0.2) is 5.96 Å². The van der Waals surface area contributed by atoms with Crippen molar-refractivity contribution >= 4 is 46.5 Å². The third-order valence-corrected chi connectivity index (χ3v) is 5.12. The first-order valence-electron chi connectivity index (χ1n) is 10.0. The number of nitrogens with zero attached hydrogens (tertiary/aromatic N) is 3. The molecule has 2 heterocycles. The van der Waals surface area contributed by atoms with Gasteiger partial charge in [-0.3, -0.25) is 4.98 Å². The summed E-state index contributed by atoms with van der Waals surface area (Å²) in [5.41, 5.74) is 3.46. The van der Waals surface area contributed by atoms with E-state index < -0.39 is 0 Å². The van der Waals surface area contributed by atoms with Crippen molar-refractivity contribution in [1.29, 1.82) is 0 Å². The Bertz CT molecular complexity index is 939. The molecule has 2 N–H and O–H groups in total. The van der Waals surface area contributed by atoms with Gasteiger partial charge in [-0.1, -0.05) is 42.5 Å². The highest BCUT2D eigenvalue weighted by Gasteiger charge is 2.23. The fourth-order valence-electron chi connectivity index (χ4n) is 3.72. The number of benzene rings is 2.